The van der Waals surface area contributed by atoms with Gasteiger partial charge in [-0.3, -0.25) is 4.79 Å². The summed E-state index contributed by atoms with van der Waals surface area (Å²) >= 11 is 0. The van der Waals surface area contributed by atoms with Crippen molar-refractivity contribution < 1.29 is 14.1 Å². The molecule has 0 radical (unpaired) electrons. The van der Waals surface area contributed by atoms with E-state index in [2.05, 4.69) is 10.1 Å². The van der Waals surface area contributed by atoms with Crippen LogP contribution in [0.4, 0.5) is 0 Å². The van der Waals surface area contributed by atoms with Crippen molar-refractivity contribution in [3.05, 3.63) is 11.7 Å². The van der Waals surface area contributed by atoms with Crippen molar-refractivity contribution in [3.63, 3.8) is 0 Å². The highest BCUT2D eigenvalue weighted by atomic mass is 16.5. The lowest BCUT2D eigenvalue weighted by molar-refractivity contribution is -0.140. The van der Waals surface area contributed by atoms with Gasteiger partial charge < -0.3 is 14.2 Å². The third-order valence-corrected chi connectivity index (χ3v) is 4.26. The molecule has 2 fully saturated rings. The van der Waals surface area contributed by atoms with E-state index in [9.17, 15) is 4.79 Å². The quantitative estimate of drug-likeness (QED) is 0.814. The summed E-state index contributed by atoms with van der Waals surface area (Å²) in [5.41, 5.74) is 0. The number of methoxy groups -OCH3 is 1. The number of amides is 1. The van der Waals surface area contributed by atoms with E-state index in [1.165, 1.54) is 12.8 Å². The predicted molar refractivity (Wildman–Crippen MR) is 71.2 cm³/mol. The maximum absolute atomic E-state index is 12.2. The molecule has 1 aliphatic heterocycles. The number of carbonyl (C=O) groups excluding carboxylic acids is 1. The van der Waals surface area contributed by atoms with Gasteiger partial charge in [0.05, 0.1) is 12.5 Å². The lowest BCUT2D eigenvalue weighted by atomic mass is 9.96. The number of ether oxygens (including phenoxy) is 1. The molecule has 2 aliphatic rings. The fraction of sp³-hybridized carbons (Fsp3) is 0.786. The molecule has 0 atom stereocenters. The van der Waals surface area contributed by atoms with Crippen LogP contribution >= 0.6 is 0 Å². The van der Waals surface area contributed by atoms with Gasteiger partial charge in [0.15, 0.2) is 5.82 Å². The maximum Gasteiger partial charge on any atom is 0.233 e. The van der Waals surface area contributed by atoms with E-state index < -0.39 is 0 Å². The Labute approximate surface area is 118 Å². The maximum atomic E-state index is 12.2. The van der Waals surface area contributed by atoms with Crippen LogP contribution in [0, 0.1) is 5.92 Å². The zero-order valence-corrected chi connectivity index (χ0v) is 11.9. The van der Waals surface area contributed by atoms with Crippen molar-refractivity contribution in [2.24, 2.45) is 5.92 Å². The molecule has 110 valence electrons. The van der Waals surface area contributed by atoms with E-state index >= 15 is 0 Å². The summed E-state index contributed by atoms with van der Waals surface area (Å²) in [5.74, 6) is 2.13. The number of likely N-dealkylation sites (tertiary alicyclic amines) is 1. The molecule has 0 unspecified atom stereocenters. The summed E-state index contributed by atoms with van der Waals surface area (Å²) < 4.78 is 10.3. The van der Waals surface area contributed by atoms with Crippen LogP contribution in [-0.4, -0.2) is 47.8 Å². The molecule has 0 bridgehead atoms. The molecule has 1 saturated carbocycles. The van der Waals surface area contributed by atoms with Crippen LogP contribution in [0.1, 0.15) is 43.3 Å². The molecule has 6 heteroatoms. The van der Waals surface area contributed by atoms with Gasteiger partial charge >= 0.3 is 0 Å². The molecule has 1 amide bonds. The fourth-order valence-electron chi connectivity index (χ4n) is 2.97. The zero-order chi connectivity index (χ0) is 13.9. The highest BCUT2D eigenvalue weighted by Crippen LogP contribution is 2.32. The highest BCUT2D eigenvalue weighted by molar-refractivity contribution is 5.80. The molecule has 3 rings (SSSR count). The van der Waals surface area contributed by atoms with E-state index in [0.29, 0.717) is 30.7 Å². The van der Waals surface area contributed by atoms with Crippen molar-refractivity contribution in [1.82, 2.24) is 15.0 Å². The SMILES string of the molecule is COCCc1noc(C2CN(C(=O)C3CCCC3)C2)n1. The molecule has 0 N–H and O–H groups in total. The largest absolute Gasteiger partial charge is 0.384 e. The summed E-state index contributed by atoms with van der Waals surface area (Å²) in [6.07, 6.45) is 5.17. The summed E-state index contributed by atoms with van der Waals surface area (Å²) in [7, 11) is 1.65. The minimum Gasteiger partial charge on any atom is -0.384 e. The van der Waals surface area contributed by atoms with Gasteiger partial charge in [-0.1, -0.05) is 18.0 Å². The Morgan fingerprint density at radius 3 is 2.85 bits per heavy atom. The molecule has 1 aliphatic carbocycles. The standard InChI is InChI=1S/C14H21N3O3/c1-19-7-6-12-15-13(20-16-12)11-8-17(9-11)14(18)10-4-2-3-5-10/h10-11H,2-9H2,1H3. The van der Waals surface area contributed by atoms with Crippen LogP contribution in [0.15, 0.2) is 4.52 Å². The second-order valence-electron chi connectivity index (χ2n) is 5.71. The van der Waals surface area contributed by atoms with E-state index in [4.69, 9.17) is 9.26 Å². The van der Waals surface area contributed by atoms with E-state index in [1.54, 1.807) is 7.11 Å². The van der Waals surface area contributed by atoms with Gasteiger partial charge in [0.1, 0.15) is 0 Å². The minimum absolute atomic E-state index is 0.212. The van der Waals surface area contributed by atoms with Gasteiger partial charge in [0, 0.05) is 32.5 Å². The summed E-state index contributed by atoms with van der Waals surface area (Å²) in [4.78, 5) is 18.5. The van der Waals surface area contributed by atoms with Crippen molar-refractivity contribution in [2.45, 2.75) is 38.0 Å². The van der Waals surface area contributed by atoms with Crippen LogP contribution in [0.25, 0.3) is 0 Å². The lowest BCUT2D eigenvalue weighted by Gasteiger charge is -2.38. The number of aromatic nitrogens is 2. The minimum atomic E-state index is 0.212. The molecule has 1 aromatic heterocycles. The zero-order valence-electron chi connectivity index (χ0n) is 11.9. The second kappa shape index (κ2) is 5.91. The number of nitrogens with zero attached hydrogens (tertiary/aromatic N) is 3. The molecule has 0 spiro atoms. The Balaban J connectivity index is 1.49. The summed E-state index contributed by atoms with van der Waals surface area (Å²) in [6.45, 7) is 2.04. The molecule has 1 aromatic rings. The van der Waals surface area contributed by atoms with Crippen molar-refractivity contribution in [1.29, 1.82) is 0 Å². The lowest BCUT2D eigenvalue weighted by Crippen LogP contribution is -2.50. The van der Waals surface area contributed by atoms with Crippen LogP contribution in [0.3, 0.4) is 0 Å². The van der Waals surface area contributed by atoms with Gasteiger partial charge in [0.25, 0.3) is 0 Å². The monoisotopic (exact) mass is 279 g/mol. The van der Waals surface area contributed by atoms with Crippen molar-refractivity contribution in [3.8, 4) is 0 Å². The van der Waals surface area contributed by atoms with Crippen molar-refractivity contribution in [2.75, 3.05) is 26.8 Å². The van der Waals surface area contributed by atoms with Crippen molar-refractivity contribution >= 4 is 5.91 Å². The van der Waals surface area contributed by atoms with Gasteiger partial charge in [0.2, 0.25) is 11.8 Å². The first kappa shape index (κ1) is 13.5. The average Bonchev–Trinajstić information content (AvgIpc) is 3.06. The second-order valence-corrected chi connectivity index (χ2v) is 5.71. The van der Waals surface area contributed by atoms with E-state index in [1.807, 2.05) is 4.90 Å². The Morgan fingerprint density at radius 2 is 2.15 bits per heavy atom. The first-order chi connectivity index (χ1) is 9.78. The first-order valence-electron chi connectivity index (χ1n) is 7.38. The Bertz CT molecular complexity index is 462. The average molecular weight is 279 g/mol. The third kappa shape index (κ3) is 2.70. The normalized spacial score (nSPS) is 20.4. The molecule has 20 heavy (non-hydrogen) atoms. The highest BCUT2D eigenvalue weighted by Gasteiger charge is 2.38. The third-order valence-electron chi connectivity index (χ3n) is 4.26. The molecular formula is C14H21N3O3. The fourth-order valence-corrected chi connectivity index (χ4v) is 2.97. The Morgan fingerprint density at radius 1 is 1.40 bits per heavy atom. The Hall–Kier alpha value is -1.43. The smallest absolute Gasteiger partial charge is 0.233 e. The van der Waals surface area contributed by atoms with Gasteiger partial charge in [-0.15, -0.1) is 0 Å². The van der Waals surface area contributed by atoms with Crippen LogP contribution < -0.4 is 0 Å². The Kier molecular flexibility index (Phi) is 4.00. The number of carbonyl (C=O) groups is 1. The first-order valence-corrected chi connectivity index (χ1v) is 7.38. The van der Waals surface area contributed by atoms with E-state index in [0.717, 1.165) is 25.9 Å². The van der Waals surface area contributed by atoms with Gasteiger partial charge in [-0.2, -0.15) is 4.98 Å². The van der Waals surface area contributed by atoms with Crippen LogP contribution in [0.2, 0.25) is 0 Å². The molecule has 1 saturated heterocycles. The predicted octanol–water partition coefficient (Wildman–Crippen LogP) is 1.37. The topological polar surface area (TPSA) is 68.5 Å². The molecule has 2 heterocycles. The summed E-state index contributed by atoms with van der Waals surface area (Å²) in [6, 6.07) is 0. The molecule has 0 aromatic carbocycles. The number of rotatable bonds is 5. The van der Waals surface area contributed by atoms with Gasteiger partial charge in [-0.05, 0) is 12.8 Å². The molecular weight excluding hydrogens is 258 g/mol. The van der Waals surface area contributed by atoms with Gasteiger partial charge in [-0.25, -0.2) is 0 Å². The summed E-state index contributed by atoms with van der Waals surface area (Å²) in [5, 5.41) is 3.93. The van der Waals surface area contributed by atoms with Crippen LogP contribution in [0.5, 0.6) is 0 Å². The van der Waals surface area contributed by atoms with E-state index in [-0.39, 0.29) is 11.8 Å². The molecule has 6 nitrogen and oxygen atoms in total. The number of hydrogen-bond donors (Lipinski definition) is 0. The number of hydrogen-bond acceptors (Lipinski definition) is 5. The van der Waals surface area contributed by atoms with Crippen LogP contribution in [-0.2, 0) is 16.0 Å².